The lowest BCUT2D eigenvalue weighted by atomic mass is 9.71. The molecule has 0 radical (unpaired) electrons. The van der Waals surface area contributed by atoms with Crippen molar-refractivity contribution >= 4 is 5.97 Å². The average molecular weight is 330 g/mol. The van der Waals surface area contributed by atoms with Gasteiger partial charge in [0.2, 0.25) is 0 Å². The second-order valence-electron chi connectivity index (χ2n) is 7.56. The van der Waals surface area contributed by atoms with Gasteiger partial charge in [0.25, 0.3) is 0 Å². The first kappa shape index (κ1) is 15.5. The van der Waals surface area contributed by atoms with Gasteiger partial charge in [0, 0.05) is 0 Å². The van der Waals surface area contributed by atoms with Gasteiger partial charge < -0.3 is 9.47 Å². The molecule has 5 atom stereocenters. The Morgan fingerprint density at radius 1 is 1.17 bits per heavy atom. The van der Waals surface area contributed by atoms with Gasteiger partial charge >= 0.3 is 12.1 Å². The molecule has 3 nitrogen and oxygen atoms in total. The molecular formula is C17H21F3O3. The Balaban J connectivity index is 1.49. The summed E-state index contributed by atoms with van der Waals surface area (Å²) >= 11 is 0. The number of ether oxygens (including phenoxy) is 2. The van der Waals surface area contributed by atoms with Crippen molar-refractivity contribution in [1.82, 2.24) is 0 Å². The maximum atomic E-state index is 12.6. The van der Waals surface area contributed by atoms with E-state index in [-0.39, 0.29) is 17.6 Å². The molecule has 128 valence electrons. The van der Waals surface area contributed by atoms with Gasteiger partial charge in [-0.25, -0.2) is 4.79 Å². The minimum atomic E-state index is -4.74. The second kappa shape index (κ2) is 4.98. The van der Waals surface area contributed by atoms with Gasteiger partial charge in [-0.1, -0.05) is 25.8 Å². The topological polar surface area (TPSA) is 35.5 Å². The van der Waals surface area contributed by atoms with Gasteiger partial charge in [-0.05, 0) is 43.4 Å². The Hall–Kier alpha value is -1.04. The summed E-state index contributed by atoms with van der Waals surface area (Å²) in [6, 6.07) is 0. The first-order chi connectivity index (χ1) is 10.8. The fourth-order valence-electron chi connectivity index (χ4n) is 5.48. The third-order valence-electron chi connectivity index (χ3n) is 6.44. The summed E-state index contributed by atoms with van der Waals surface area (Å²) in [6.07, 6.45) is 1.92. The average Bonchev–Trinajstić information content (AvgIpc) is 3.11. The standard InChI is InChI=1S/C17H21F3O3/c1-9(17(18,19)20)15(21)22-13-10-7-11-12(8-10)16(23-14(11)13)5-3-2-4-6-16/h10-14H,1-8H2. The monoisotopic (exact) mass is 330 g/mol. The highest BCUT2D eigenvalue weighted by atomic mass is 19.4. The van der Waals surface area contributed by atoms with Crippen LogP contribution < -0.4 is 0 Å². The lowest BCUT2D eigenvalue weighted by Gasteiger charge is -2.37. The minimum Gasteiger partial charge on any atom is -0.456 e. The maximum Gasteiger partial charge on any atom is 0.422 e. The molecule has 3 saturated carbocycles. The number of esters is 1. The Bertz CT molecular complexity index is 536. The quantitative estimate of drug-likeness (QED) is 0.571. The third kappa shape index (κ3) is 2.24. The number of hydrogen-bond donors (Lipinski definition) is 0. The van der Waals surface area contributed by atoms with Gasteiger partial charge in [0.1, 0.15) is 11.7 Å². The van der Waals surface area contributed by atoms with Gasteiger partial charge in [-0.2, -0.15) is 13.2 Å². The second-order valence-corrected chi connectivity index (χ2v) is 7.56. The highest BCUT2D eigenvalue weighted by Crippen LogP contribution is 2.63. The largest absolute Gasteiger partial charge is 0.456 e. The van der Waals surface area contributed by atoms with Crippen LogP contribution in [0.4, 0.5) is 13.2 Å². The molecule has 0 amide bonds. The molecule has 5 unspecified atom stereocenters. The fraction of sp³-hybridized carbons (Fsp3) is 0.824. The molecule has 0 aromatic heterocycles. The van der Waals surface area contributed by atoms with Crippen molar-refractivity contribution in [3.8, 4) is 0 Å². The lowest BCUT2D eigenvalue weighted by Crippen LogP contribution is -2.37. The third-order valence-corrected chi connectivity index (χ3v) is 6.44. The first-order valence-corrected chi connectivity index (χ1v) is 8.47. The van der Waals surface area contributed by atoms with E-state index >= 15 is 0 Å². The van der Waals surface area contributed by atoms with Crippen molar-refractivity contribution in [1.29, 1.82) is 0 Å². The summed E-state index contributed by atoms with van der Waals surface area (Å²) in [7, 11) is 0. The summed E-state index contributed by atoms with van der Waals surface area (Å²) in [5.41, 5.74) is -1.54. The minimum absolute atomic E-state index is 0.107. The number of fused-ring (bicyclic) bond motifs is 2. The number of rotatable bonds is 2. The molecule has 1 spiro atoms. The smallest absolute Gasteiger partial charge is 0.422 e. The van der Waals surface area contributed by atoms with Gasteiger partial charge in [-0.15, -0.1) is 0 Å². The van der Waals surface area contributed by atoms with Gasteiger partial charge in [0.05, 0.1) is 11.7 Å². The van der Waals surface area contributed by atoms with Crippen molar-refractivity contribution < 1.29 is 27.4 Å². The highest BCUT2D eigenvalue weighted by Gasteiger charge is 2.67. The number of alkyl halides is 3. The molecule has 4 aliphatic rings. The van der Waals surface area contributed by atoms with E-state index in [2.05, 4.69) is 6.58 Å². The zero-order chi connectivity index (χ0) is 16.4. The fourth-order valence-corrected chi connectivity index (χ4v) is 5.48. The SMILES string of the molecule is C=C(C(=O)OC1C2CC3C1OC1(CCCCC1)C3C2)C(F)(F)F. The van der Waals surface area contributed by atoms with Gasteiger partial charge in [-0.3, -0.25) is 0 Å². The zero-order valence-corrected chi connectivity index (χ0v) is 12.9. The number of carbonyl (C=O) groups is 1. The summed E-state index contributed by atoms with van der Waals surface area (Å²) in [5, 5.41) is 0. The Morgan fingerprint density at radius 2 is 1.87 bits per heavy atom. The molecule has 2 bridgehead atoms. The summed E-state index contributed by atoms with van der Waals surface area (Å²) in [6.45, 7) is 2.83. The maximum absolute atomic E-state index is 12.6. The first-order valence-electron chi connectivity index (χ1n) is 8.47. The zero-order valence-electron chi connectivity index (χ0n) is 12.9. The molecule has 3 aliphatic carbocycles. The van der Waals surface area contributed by atoms with Crippen LogP contribution in [0.3, 0.4) is 0 Å². The molecule has 1 heterocycles. The molecule has 1 aliphatic heterocycles. The van der Waals surface area contributed by atoms with E-state index in [0.717, 1.165) is 38.5 Å². The van der Waals surface area contributed by atoms with Crippen LogP contribution in [0.1, 0.15) is 44.9 Å². The van der Waals surface area contributed by atoms with Crippen LogP contribution in [0.15, 0.2) is 12.2 Å². The van der Waals surface area contributed by atoms with E-state index in [9.17, 15) is 18.0 Å². The molecule has 23 heavy (non-hydrogen) atoms. The predicted molar refractivity (Wildman–Crippen MR) is 75.5 cm³/mol. The normalized spacial score (nSPS) is 40.6. The number of carbonyl (C=O) groups excluding carboxylic acids is 1. The number of halogens is 3. The predicted octanol–water partition coefficient (Wildman–Crippen LogP) is 3.77. The van der Waals surface area contributed by atoms with Crippen LogP contribution >= 0.6 is 0 Å². The Kier molecular flexibility index (Phi) is 3.35. The molecule has 6 heteroatoms. The van der Waals surface area contributed by atoms with Crippen molar-refractivity contribution in [3.63, 3.8) is 0 Å². The summed E-state index contributed by atoms with van der Waals surface area (Å²) < 4.78 is 49.4. The van der Waals surface area contributed by atoms with Crippen LogP contribution in [-0.4, -0.2) is 30.0 Å². The van der Waals surface area contributed by atoms with E-state index in [1.54, 1.807) is 0 Å². The van der Waals surface area contributed by atoms with Crippen molar-refractivity contribution in [2.24, 2.45) is 17.8 Å². The van der Waals surface area contributed by atoms with E-state index < -0.39 is 23.8 Å². The van der Waals surface area contributed by atoms with E-state index in [4.69, 9.17) is 9.47 Å². The van der Waals surface area contributed by atoms with Crippen LogP contribution in [0.5, 0.6) is 0 Å². The molecule has 1 saturated heterocycles. The van der Waals surface area contributed by atoms with Crippen molar-refractivity contribution in [3.05, 3.63) is 12.2 Å². The lowest BCUT2D eigenvalue weighted by molar-refractivity contribution is -0.167. The molecule has 0 N–H and O–H groups in total. The van der Waals surface area contributed by atoms with Gasteiger partial charge in [0.15, 0.2) is 0 Å². The molecule has 4 fully saturated rings. The van der Waals surface area contributed by atoms with Crippen LogP contribution in [0.2, 0.25) is 0 Å². The van der Waals surface area contributed by atoms with Crippen LogP contribution in [0, 0.1) is 17.8 Å². The molecule has 0 aromatic carbocycles. The highest BCUT2D eigenvalue weighted by molar-refractivity contribution is 5.89. The van der Waals surface area contributed by atoms with Crippen LogP contribution in [-0.2, 0) is 14.3 Å². The Morgan fingerprint density at radius 3 is 2.52 bits per heavy atom. The summed E-state index contributed by atoms with van der Waals surface area (Å²) in [4.78, 5) is 11.8. The van der Waals surface area contributed by atoms with Crippen molar-refractivity contribution in [2.45, 2.75) is 68.9 Å². The van der Waals surface area contributed by atoms with E-state index in [1.807, 2.05) is 0 Å². The molecular weight excluding hydrogens is 309 g/mol. The molecule has 0 aromatic rings. The van der Waals surface area contributed by atoms with E-state index in [0.29, 0.717) is 11.8 Å². The Labute approximate surface area is 133 Å². The molecule has 4 rings (SSSR count). The summed E-state index contributed by atoms with van der Waals surface area (Å²) in [5.74, 6) is -0.366. The van der Waals surface area contributed by atoms with Crippen molar-refractivity contribution in [2.75, 3.05) is 0 Å². The number of hydrogen-bond acceptors (Lipinski definition) is 3. The van der Waals surface area contributed by atoms with E-state index in [1.165, 1.54) is 6.42 Å². The van der Waals surface area contributed by atoms with Crippen LogP contribution in [0.25, 0.3) is 0 Å².